The third kappa shape index (κ3) is 2.72. The van der Waals surface area contributed by atoms with Gasteiger partial charge in [0.15, 0.2) is 5.70 Å². The smallest absolute Gasteiger partial charge is 1.00 e. The summed E-state index contributed by atoms with van der Waals surface area (Å²) in [4.78, 5) is 38.4. The van der Waals surface area contributed by atoms with Crippen LogP contribution in [0.5, 0.6) is 0 Å². The van der Waals surface area contributed by atoms with E-state index < -0.39 is 41.8 Å². The molecule has 3 aliphatic rings. The molecule has 122 valence electrons. The van der Waals surface area contributed by atoms with Gasteiger partial charge in [0.2, 0.25) is 0 Å². The number of carbonyl (C=O) groups excluding carboxylic acids is 2. The van der Waals surface area contributed by atoms with Crippen LogP contribution in [0.15, 0.2) is 11.5 Å². The number of amides is 2. The van der Waals surface area contributed by atoms with Crippen molar-refractivity contribution in [1.82, 2.24) is 9.80 Å². The molecule has 0 aliphatic carbocycles. The number of carboxylic acid groups (broad SMARTS) is 1. The van der Waals surface area contributed by atoms with E-state index in [1.165, 1.54) is 16.7 Å². The molecule has 3 rings (SSSR count). The van der Waals surface area contributed by atoms with Crippen molar-refractivity contribution in [3.05, 3.63) is 11.5 Å². The first-order valence-electron chi connectivity index (χ1n) is 7.05. The van der Waals surface area contributed by atoms with E-state index in [0.29, 0.717) is 0 Å². The second-order valence-corrected chi connectivity index (χ2v) is 6.64. The number of likely N-dealkylation sites (tertiary alicyclic amines) is 1. The molecule has 0 aromatic carbocycles. The molecule has 0 spiro atoms. The van der Waals surface area contributed by atoms with E-state index in [4.69, 9.17) is 9.47 Å². The Bertz CT molecular complexity index is 617. The van der Waals surface area contributed by atoms with Crippen molar-refractivity contribution < 1.29 is 59.9 Å². The van der Waals surface area contributed by atoms with Crippen LogP contribution in [0.4, 0.5) is 4.79 Å². The van der Waals surface area contributed by atoms with E-state index in [1.54, 1.807) is 20.8 Å². The molecule has 23 heavy (non-hydrogen) atoms. The predicted molar refractivity (Wildman–Crippen MR) is 73.7 cm³/mol. The third-order valence-electron chi connectivity index (χ3n) is 3.94. The minimum atomic E-state index is -1.21. The van der Waals surface area contributed by atoms with E-state index in [9.17, 15) is 19.5 Å². The summed E-state index contributed by atoms with van der Waals surface area (Å²) < 4.78 is 10.9. The fourth-order valence-electron chi connectivity index (χ4n) is 3.18. The maximum absolute atomic E-state index is 12.3. The maximum atomic E-state index is 12.3. The summed E-state index contributed by atoms with van der Waals surface area (Å²) in [5.74, 6) is -1.43. The van der Waals surface area contributed by atoms with Gasteiger partial charge in [0.05, 0.1) is 6.54 Å². The summed E-state index contributed by atoms with van der Waals surface area (Å²) in [6, 6.07) is -1.16. The predicted octanol–water partition coefficient (Wildman–Crippen LogP) is -2.35. The molecule has 0 aromatic rings. The summed E-state index contributed by atoms with van der Waals surface area (Å²) in [5.41, 5.74) is -0.813. The summed E-state index contributed by atoms with van der Waals surface area (Å²) in [6.07, 6.45) is -1.00. The number of rotatable bonds is 1. The molecule has 0 bridgehead atoms. The molecule has 2 amide bonds. The number of ether oxygens (including phenoxy) is 2. The number of hydrogen-bond donors (Lipinski definition) is 1. The van der Waals surface area contributed by atoms with Crippen LogP contribution in [0.2, 0.25) is 0 Å². The Kier molecular flexibility index (Phi) is 4.47. The van der Waals surface area contributed by atoms with E-state index in [-0.39, 0.29) is 49.0 Å². The molecule has 9 heteroatoms. The SMILES string of the molecule is CC1=C(C(=O)O)N2C(=O)[C@@H]3[C@@H]2[C@@H](CN3C(=O)OC(C)(C)C)O1.[H-].[Na+]. The fraction of sp³-hybridized carbons (Fsp3) is 0.643. The summed E-state index contributed by atoms with van der Waals surface area (Å²) in [6.45, 7) is 6.95. The van der Waals surface area contributed by atoms with Gasteiger partial charge >= 0.3 is 41.6 Å². The van der Waals surface area contributed by atoms with Gasteiger partial charge in [-0.05, 0) is 27.7 Å². The van der Waals surface area contributed by atoms with Gasteiger partial charge in [-0.15, -0.1) is 0 Å². The van der Waals surface area contributed by atoms with Crippen molar-refractivity contribution in [2.45, 2.75) is 51.5 Å². The average molecular weight is 334 g/mol. The summed E-state index contributed by atoms with van der Waals surface area (Å²) in [5, 5.41) is 9.23. The zero-order chi connectivity index (χ0) is 16.4. The van der Waals surface area contributed by atoms with Crippen molar-refractivity contribution >= 4 is 18.0 Å². The fourth-order valence-corrected chi connectivity index (χ4v) is 3.18. The Morgan fingerprint density at radius 2 is 2.00 bits per heavy atom. The van der Waals surface area contributed by atoms with Crippen LogP contribution < -0.4 is 29.6 Å². The van der Waals surface area contributed by atoms with Crippen LogP contribution in [0.3, 0.4) is 0 Å². The van der Waals surface area contributed by atoms with Gasteiger partial charge in [-0.2, -0.15) is 0 Å². The quantitative estimate of drug-likeness (QED) is 0.426. The number of hydrogen-bond acceptors (Lipinski definition) is 5. The first kappa shape index (κ1) is 18.1. The molecule has 2 fully saturated rings. The average Bonchev–Trinajstić information content (AvgIpc) is 2.71. The topological polar surface area (TPSA) is 96.4 Å². The van der Waals surface area contributed by atoms with Crippen LogP contribution in [0, 0.1) is 0 Å². The number of β-lactam (4-membered cyclic amide) rings is 1. The Labute approximate surface area is 157 Å². The normalized spacial score (nSPS) is 28.5. The van der Waals surface area contributed by atoms with Gasteiger partial charge in [0.1, 0.15) is 29.5 Å². The van der Waals surface area contributed by atoms with Gasteiger partial charge in [0.25, 0.3) is 5.91 Å². The zero-order valence-corrected chi connectivity index (χ0v) is 15.8. The second kappa shape index (κ2) is 5.68. The molecule has 3 heterocycles. The second-order valence-electron chi connectivity index (χ2n) is 6.64. The molecule has 3 aliphatic heterocycles. The van der Waals surface area contributed by atoms with E-state index in [2.05, 4.69) is 0 Å². The largest absolute Gasteiger partial charge is 1.00 e. The number of carbonyl (C=O) groups is 3. The molecule has 0 unspecified atom stereocenters. The van der Waals surface area contributed by atoms with Gasteiger partial charge in [0, 0.05) is 0 Å². The van der Waals surface area contributed by atoms with Crippen LogP contribution in [-0.4, -0.2) is 63.2 Å². The monoisotopic (exact) mass is 334 g/mol. The molecule has 0 radical (unpaired) electrons. The van der Waals surface area contributed by atoms with E-state index >= 15 is 0 Å². The molecule has 1 N–H and O–H groups in total. The minimum absolute atomic E-state index is 0. The Hall–Kier alpha value is -1.25. The maximum Gasteiger partial charge on any atom is 1.00 e. The van der Waals surface area contributed by atoms with Gasteiger partial charge in [-0.3, -0.25) is 14.6 Å². The molecule has 3 atom stereocenters. The zero-order valence-electron chi connectivity index (χ0n) is 14.8. The van der Waals surface area contributed by atoms with Crippen LogP contribution in [0.1, 0.15) is 29.1 Å². The van der Waals surface area contributed by atoms with E-state index in [1.807, 2.05) is 0 Å². The van der Waals surface area contributed by atoms with Crippen molar-refractivity contribution in [1.29, 1.82) is 0 Å². The molecule has 0 aromatic heterocycles. The molecule has 2 saturated heterocycles. The first-order chi connectivity index (χ1) is 10.1. The van der Waals surface area contributed by atoms with Gasteiger partial charge in [-0.1, -0.05) is 0 Å². The first-order valence-corrected chi connectivity index (χ1v) is 7.05. The van der Waals surface area contributed by atoms with Crippen LogP contribution in [0.25, 0.3) is 0 Å². The Morgan fingerprint density at radius 3 is 2.52 bits per heavy atom. The van der Waals surface area contributed by atoms with Crippen LogP contribution in [-0.2, 0) is 19.1 Å². The van der Waals surface area contributed by atoms with Crippen molar-refractivity contribution in [3.63, 3.8) is 0 Å². The number of allylic oxidation sites excluding steroid dienone is 1. The number of carboxylic acids is 1. The molecule has 8 nitrogen and oxygen atoms in total. The van der Waals surface area contributed by atoms with Gasteiger partial charge in [-0.25, -0.2) is 9.59 Å². The summed E-state index contributed by atoms with van der Waals surface area (Å²) >= 11 is 0. The number of aliphatic carboxylic acids is 1. The standard InChI is InChI=1S/C14H18N2O6.Na.H/c1-6-8(12(18)19)16-9-7(21-6)5-15(10(9)11(16)17)13(20)22-14(2,3)4;;/h7,9-10H,5H2,1-4H3,(H,18,19);;/q;+1;-1/t7-,9+,10+;;/m1../s1. The Morgan fingerprint density at radius 1 is 1.39 bits per heavy atom. The number of nitrogens with zero attached hydrogens (tertiary/aromatic N) is 2. The summed E-state index contributed by atoms with van der Waals surface area (Å²) in [7, 11) is 0. The van der Waals surface area contributed by atoms with Crippen molar-refractivity contribution in [3.8, 4) is 0 Å². The van der Waals surface area contributed by atoms with Crippen molar-refractivity contribution in [2.24, 2.45) is 0 Å². The molecular weight excluding hydrogens is 315 g/mol. The minimum Gasteiger partial charge on any atom is -1.00 e. The third-order valence-corrected chi connectivity index (χ3v) is 3.94. The van der Waals surface area contributed by atoms with Crippen molar-refractivity contribution in [2.75, 3.05) is 6.54 Å². The van der Waals surface area contributed by atoms with Gasteiger partial charge < -0.3 is 16.0 Å². The van der Waals surface area contributed by atoms with Crippen LogP contribution >= 0.6 is 0 Å². The van der Waals surface area contributed by atoms with E-state index in [0.717, 1.165) is 0 Å². The molecular formula is C14H19N2NaO6. The molecule has 0 saturated carbocycles. The Balaban J connectivity index is 0.00000144.